The summed E-state index contributed by atoms with van der Waals surface area (Å²) in [7, 11) is 0. The number of aromatic nitrogens is 4. The Morgan fingerprint density at radius 2 is 1.73 bits per heavy atom. The number of carbonyl (C=O) groups excluding carboxylic acids is 2. The minimum atomic E-state index is -0.755. The molecule has 0 spiro atoms. The van der Waals surface area contributed by atoms with Crippen LogP contribution < -0.4 is 5.73 Å². The highest BCUT2D eigenvalue weighted by molar-refractivity contribution is 6.21. The second-order valence-corrected chi connectivity index (χ2v) is 11.3. The van der Waals surface area contributed by atoms with Gasteiger partial charge in [-0.1, -0.05) is 12.1 Å². The Balaban J connectivity index is 1.12. The number of imidazole rings is 1. The van der Waals surface area contributed by atoms with Gasteiger partial charge in [-0.2, -0.15) is 0 Å². The first-order valence-corrected chi connectivity index (χ1v) is 13.8. The number of anilines is 1. The van der Waals surface area contributed by atoms with Gasteiger partial charge in [0.1, 0.15) is 30.2 Å². The molecule has 40 heavy (non-hydrogen) atoms. The molecule has 2 amide bonds. The van der Waals surface area contributed by atoms with Crippen LogP contribution in [-0.4, -0.2) is 90.9 Å². The van der Waals surface area contributed by atoms with Crippen molar-refractivity contribution >= 4 is 28.8 Å². The molecule has 4 unspecified atom stereocenters. The van der Waals surface area contributed by atoms with Crippen LogP contribution in [0.2, 0.25) is 0 Å². The largest absolute Gasteiger partial charge is 0.382 e. The van der Waals surface area contributed by atoms with Gasteiger partial charge in [-0.3, -0.25) is 24.0 Å². The number of fused-ring (bicyclic) bond motifs is 3. The van der Waals surface area contributed by atoms with Gasteiger partial charge >= 0.3 is 0 Å². The van der Waals surface area contributed by atoms with Gasteiger partial charge in [0, 0.05) is 19.1 Å². The molecule has 3 aromatic rings. The number of nitrogens with zero attached hydrogens (tertiary/aromatic N) is 6. The fraction of sp³-hybridized carbons (Fsp3) is 0.536. The average Bonchev–Trinajstić information content (AvgIpc) is 3.63. The number of amides is 2. The van der Waals surface area contributed by atoms with Crippen LogP contribution in [0.25, 0.3) is 11.2 Å². The molecule has 12 heteroatoms. The van der Waals surface area contributed by atoms with Crippen LogP contribution in [0.15, 0.2) is 36.9 Å². The summed E-state index contributed by atoms with van der Waals surface area (Å²) in [5, 5.41) is 0. The van der Waals surface area contributed by atoms with Crippen LogP contribution in [0.4, 0.5) is 5.82 Å². The Bertz CT molecular complexity index is 1400. The molecule has 12 nitrogen and oxygen atoms in total. The van der Waals surface area contributed by atoms with E-state index >= 15 is 0 Å². The van der Waals surface area contributed by atoms with Gasteiger partial charge in [0.2, 0.25) is 0 Å². The smallest absolute Gasteiger partial charge is 0.261 e. The van der Waals surface area contributed by atoms with Crippen molar-refractivity contribution in [2.24, 2.45) is 0 Å². The van der Waals surface area contributed by atoms with Crippen molar-refractivity contribution in [3.63, 3.8) is 0 Å². The summed E-state index contributed by atoms with van der Waals surface area (Å²) in [6.07, 6.45) is 3.23. The first-order valence-electron chi connectivity index (χ1n) is 13.8. The summed E-state index contributed by atoms with van der Waals surface area (Å²) in [4.78, 5) is 41.9. The quantitative estimate of drug-likeness (QED) is 0.313. The number of imide groups is 1. The molecule has 2 fully saturated rings. The molecule has 0 saturated carbocycles. The highest BCUT2D eigenvalue weighted by atomic mass is 16.8. The first kappa shape index (κ1) is 26.8. The zero-order valence-corrected chi connectivity index (χ0v) is 23.2. The molecule has 2 saturated heterocycles. The zero-order chi connectivity index (χ0) is 28.2. The predicted octanol–water partition coefficient (Wildman–Crippen LogP) is 2.61. The second-order valence-electron chi connectivity index (χ2n) is 11.3. The number of benzene rings is 1. The summed E-state index contributed by atoms with van der Waals surface area (Å²) < 4.78 is 21.1. The van der Waals surface area contributed by atoms with E-state index in [1.807, 2.05) is 18.4 Å². The number of carbonyl (C=O) groups is 2. The van der Waals surface area contributed by atoms with Gasteiger partial charge in [0.15, 0.2) is 23.5 Å². The normalized spacial score (nSPS) is 25.5. The molecule has 212 valence electrons. The Labute approximate surface area is 232 Å². The van der Waals surface area contributed by atoms with Crippen molar-refractivity contribution in [1.29, 1.82) is 0 Å². The van der Waals surface area contributed by atoms with Gasteiger partial charge in [-0.05, 0) is 59.2 Å². The van der Waals surface area contributed by atoms with Crippen molar-refractivity contribution in [2.45, 2.75) is 76.9 Å². The van der Waals surface area contributed by atoms with Crippen LogP contribution in [0.5, 0.6) is 0 Å². The lowest BCUT2D eigenvalue weighted by molar-refractivity contribution is -0.198. The summed E-state index contributed by atoms with van der Waals surface area (Å²) in [6, 6.07) is 7.24. The number of hydrogen-bond donors (Lipinski definition) is 1. The third-order valence-electron chi connectivity index (χ3n) is 7.89. The highest BCUT2D eigenvalue weighted by Crippen LogP contribution is 2.44. The second kappa shape index (κ2) is 10.2. The minimum absolute atomic E-state index is 0.210. The van der Waals surface area contributed by atoms with Gasteiger partial charge in [-0.15, -0.1) is 0 Å². The first-order chi connectivity index (χ1) is 19.1. The molecule has 0 bridgehead atoms. The Morgan fingerprint density at radius 1 is 1.02 bits per heavy atom. The molecular formula is C28H35N7O5. The van der Waals surface area contributed by atoms with E-state index in [0.717, 1.165) is 13.0 Å². The lowest BCUT2D eigenvalue weighted by Gasteiger charge is -2.31. The molecule has 3 aliphatic heterocycles. The topological polar surface area (TPSA) is 138 Å². The van der Waals surface area contributed by atoms with E-state index in [9.17, 15) is 9.59 Å². The number of ether oxygens (including phenoxy) is 3. The molecule has 2 aromatic heterocycles. The Morgan fingerprint density at radius 3 is 2.42 bits per heavy atom. The third-order valence-corrected chi connectivity index (χ3v) is 7.89. The number of unbranched alkanes of at least 4 members (excludes halogenated alkanes) is 1. The van der Waals surface area contributed by atoms with Crippen LogP contribution in [0.3, 0.4) is 0 Å². The van der Waals surface area contributed by atoms with Gasteiger partial charge in [0.25, 0.3) is 11.8 Å². The zero-order valence-electron chi connectivity index (χ0n) is 23.2. The maximum absolute atomic E-state index is 12.7. The lowest BCUT2D eigenvalue weighted by Crippen LogP contribution is -2.43. The van der Waals surface area contributed by atoms with Crippen molar-refractivity contribution in [3.8, 4) is 0 Å². The van der Waals surface area contributed by atoms with E-state index < -0.39 is 12.0 Å². The molecule has 0 aliphatic carbocycles. The van der Waals surface area contributed by atoms with Crippen molar-refractivity contribution in [1.82, 2.24) is 29.3 Å². The molecule has 2 N–H and O–H groups in total. The molecule has 5 heterocycles. The van der Waals surface area contributed by atoms with Crippen molar-refractivity contribution < 1.29 is 23.8 Å². The standard InChI is InChI=1S/C28H35N7O5/c1-16(2)33(11-7-8-12-34-25(36)17-9-5-6-10-18(17)26(34)37)13-19-21-22(40-28(3,4)39-21)27(38-19)35-15-32-20-23(29)30-14-31-24(20)35/h5-6,9-10,14-16,19,21-22,27H,7-8,11-13H2,1-4H3,(H2,29,30,31). The van der Waals surface area contributed by atoms with Crippen LogP contribution in [0.1, 0.15) is 67.5 Å². The number of hydrogen-bond acceptors (Lipinski definition) is 10. The van der Waals surface area contributed by atoms with Gasteiger partial charge < -0.3 is 19.9 Å². The number of nitrogens with two attached hydrogens (primary N) is 1. The van der Waals surface area contributed by atoms with E-state index in [4.69, 9.17) is 19.9 Å². The molecular weight excluding hydrogens is 514 g/mol. The Kier molecular flexibility index (Phi) is 6.81. The maximum atomic E-state index is 12.7. The van der Waals surface area contributed by atoms with Gasteiger partial charge in [0.05, 0.1) is 17.5 Å². The summed E-state index contributed by atoms with van der Waals surface area (Å²) >= 11 is 0. The molecule has 4 atom stereocenters. The van der Waals surface area contributed by atoms with E-state index in [0.29, 0.717) is 47.6 Å². The fourth-order valence-corrected chi connectivity index (χ4v) is 5.90. The molecule has 0 radical (unpaired) electrons. The van der Waals surface area contributed by atoms with Crippen LogP contribution in [0, 0.1) is 0 Å². The van der Waals surface area contributed by atoms with E-state index in [1.165, 1.54) is 11.2 Å². The van der Waals surface area contributed by atoms with Crippen LogP contribution >= 0.6 is 0 Å². The van der Waals surface area contributed by atoms with Crippen molar-refractivity contribution in [3.05, 3.63) is 48.0 Å². The minimum Gasteiger partial charge on any atom is -0.382 e. The van der Waals surface area contributed by atoms with Crippen molar-refractivity contribution in [2.75, 3.05) is 25.4 Å². The monoisotopic (exact) mass is 549 g/mol. The van der Waals surface area contributed by atoms with Gasteiger partial charge in [-0.25, -0.2) is 15.0 Å². The van der Waals surface area contributed by atoms with E-state index in [-0.39, 0.29) is 36.2 Å². The fourth-order valence-electron chi connectivity index (χ4n) is 5.90. The molecule has 3 aliphatic rings. The third kappa shape index (κ3) is 4.64. The summed E-state index contributed by atoms with van der Waals surface area (Å²) in [5.74, 6) is -0.865. The van der Waals surface area contributed by atoms with Crippen LogP contribution in [-0.2, 0) is 14.2 Å². The predicted molar refractivity (Wildman–Crippen MR) is 145 cm³/mol. The van der Waals surface area contributed by atoms with E-state index in [2.05, 4.69) is 33.7 Å². The number of rotatable bonds is 9. The SMILES string of the molecule is CC(C)N(CCCCN1C(=O)c2ccccc2C1=O)CC1OC(n2cnc3c(N)ncnc32)C2OC(C)(C)OC12. The lowest BCUT2D eigenvalue weighted by atomic mass is 10.1. The number of nitrogen functional groups attached to an aromatic ring is 1. The molecule has 1 aromatic carbocycles. The summed E-state index contributed by atoms with van der Waals surface area (Å²) in [5.41, 5.74) is 8.08. The summed E-state index contributed by atoms with van der Waals surface area (Å²) in [6.45, 7) is 9.92. The Hall–Kier alpha value is -3.45. The average molecular weight is 550 g/mol. The van der Waals surface area contributed by atoms with E-state index in [1.54, 1.807) is 30.6 Å². The maximum Gasteiger partial charge on any atom is 0.261 e. The highest BCUT2D eigenvalue weighted by Gasteiger charge is 2.56. The molecule has 6 rings (SSSR count).